The monoisotopic (exact) mass is 500 g/mol. The number of rotatable bonds is 4. The molecule has 3 rings (SSSR count). The highest BCUT2D eigenvalue weighted by molar-refractivity contribution is 14.1. The molecule has 1 aromatic carbocycles. The molecule has 0 unspecified atom stereocenters. The average Bonchev–Trinajstić information content (AvgIpc) is 3.04. The molecule has 26 heavy (non-hydrogen) atoms. The van der Waals surface area contributed by atoms with Crippen molar-refractivity contribution in [3.8, 4) is 11.5 Å². The molecule has 1 aliphatic rings. The van der Waals surface area contributed by atoms with E-state index in [-0.39, 0.29) is 11.7 Å². The molecule has 2 heterocycles. The van der Waals surface area contributed by atoms with Gasteiger partial charge in [-0.3, -0.25) is 9.47 Å². The van der Waals surface area contributed by atoms with Crippen molar-refractivity contribution in [1.29, 1.82) is 0 Å². The smallest absolute Gasteiger partial charge is 0.285 e. The fraction of sp³-hybridized carbons (Fsp3) is 0.222. The molecule has 1 aliphatic heterocycles. The zero-order valence-corrected chi connectivity index (χ0v) is 18.2. The standard InChI is InChI=1S/C18H17IN2O3S2/c1-4-24-14-8-12(7-13(19)16(14)22)9-15-17(23)21(18(25)26-15)20-10(2)5-6-11(20)3/h5-9,22H,4H2,1-3H3/b15-9+. The predicted octanol–water partition coefficient (Wildman–Crippen LogP) is 4.35. The van der Waals surface area contributed by atoms with Gasteiger partial charge in [0.25, 0.3) is 5.91 Å². The quantitative estimate of drug-likeness (QED) is 0.385. The third kappa shape index (κ3) is 3.49. The maximum absolute atomic E-state index is 12.9. The number of carbonyl (C=O) groups excluding carboxylic acids is 1. The molecule has 1 N–H and O–H groups in total. The van der Waals surface area contributed by atoms with E-state index < -0.39 is 0 Å². The number of hydrogen-bond acceptors (Lipinski definition) is 5. The van der Waals surface area contributed by atoms with Crippen LogP contribution in [0.5, 0.6) is 11.5 Å². The number of nitrogens with zero attached hydrogens (tertiary/aromatic N) is 2. The Kier molecular flexibility index (Phi) is 5.64. The Balaban J connectivity index is 1.99. The first kappa shape index (κ1) is 19.2. The molecular formula is C18H17IN2O3S2. The molecular weight excluding hydrogens is 483 g/mol. The molecule has 1 aromatic heterocycles. The second kappa shape index (κ2) is 7.61. The van der Waals surface area contributed by atoms with E-state index in [2.05, 4.69) is 0 Å². The van der Waals surface area contributed by atoms with E-state index in [1.165, 1.54) is 16.8 Å². The van der Waals surface area contributed by atoms with E-state index in [0.29, 0.717) is 25.2 Å². The number of aryl methyl sites for hydroxylation is 2. The number of benzene rings is 1. The molecule has 1 saturated heterocycles. The molecule has 1 fully saturated rings. The Bertz CT molecular complexity index is 917. The topological polar surface area (TPSA) is 54.7 Å². The van der Waals surface area contributed by atoms with Crippen molar-refractivity contribution in [2.75, 3.05) is 11.6 Å². The summed E-state index contributed by atoms with van der Waals surface area (Å²) < 4.78 is 8.44. The normalized spacial score (nSPS) is 16.0. The van der Waals surface area contributed by atoms with Crippen LogP contribution in [0.15, 0.2) is 29.2 Å². The summed E-state index contributed by atoms with van der Waals surface area (Å²) in [7, 11) is 0. The molecule has 0 atom stereocenters. The number of aromatic hydroxyl groups is 1. The molecule has 0 bridgehead atoms. The number of carbonyl (C=O) groups is 1. The summed E-state index contributed by atoms with van der Waals surface area (Å²) in [6.07, 6.45) is 1.78. The minimum Gasteiger partial charge on any atom is -0.504 e. The highest BCUT2D eigenvalue weighted by Gasteiger charge is 2.34. The van der Waals surface area contributed by atoms with Crippen molar-refractivity contribution in [3.05, 3.63) is 49.7 Å². The molecule has 1 amide bonds. The van der Waals surface area contributed by atoms with Gasteiger partial charge in [-0.05, 0) is 91.5 Å². The molecule has 0 spiro atoms. The summed E-state index contributed by atoms with van der Waals surface area (Å²) in [4.78, 5) is 13.5. The van der Waals surface area contributed by atoms with Gasteiger partial charge in [-0.1, -0.05) is 11.8 Å². The van der Waals surface area contributed by atoms with Crippen LogP contribution in [-0.2, 0) is 4.79 Å². The van der Waals surface area contributed by atoms with Crippen LogP contribution in [0.2, 0.25) is 0 Å². The Morgan fingerprint density at radius 2 is 1.96 bits per heavy atom. The van der Waals surface area contributed by atoms with Gasteiger partial charge in [0.05, 0.1) is 15.1 Å². The maximum Gasteiger partial charge on any atom is 0.285 e. The third-order valence-corrected chi connectivity index (χ3v) is 5.96. The number of amides is 1. The minimum atomic E-state index is -0.163. The van der Waals surface area contributed by atoms with Crippen LogP contribution in [0, 0.1) is 17.4 Å². The van der Waals surface area contributed by atoms with Gasteiger partial charge in [-0.2, -0.15) is 5.01 Å². The zero-order valence-electron chi connectivity index (χ0n) is 14.4. The van der Waals surface area contributed by atoms with Gasteiger partial charge in [0, 0.05) is 11.4 Å². The van der Waals surface area contributed by atoms with Gasteiger partial charge in [0.15, 0.2) is 15.8 Å². The third-order valence-electron chi connectivity index (χ3n) is 3.86. The largest absolute Gasteiger partial charge is 0.504 e. The molecule has 0 aliphatic carbocycles. The van der Waals surface area contributed by atoms with Crippen molar-refractivity contribution in [2.24, 2.45) is 0 Å². The second-order valence-corrected chi connectivity index (χ2v) is 8.54. The van der Waals surface area contributed by atoms with Gasteiger partial charge in [-0.15, -0.1) is 0 Å². The average molecular weight is 500 g/mol. The van der Waals surface area contributed by atoms with Crippen LogP contribution in [0.4, 0.5) is 0 Å². The molecule has 5 nitrogen and oxygen atoms in total. The number of thioether (sulfide) groups is 1. The Morgan fingerprint density at radius 1 is 1.31 bits per heavy atom. The number of phenols is 1. The van der Waals surface area contributed by atoms with Crippen molar-refractivity contribution >= 4 is 62.9 Å². The van der Waals surface area contributed by atoms with E-state index in [1.54, 1.807) is 18.2 Å². The first-order valence-electron chi connectivity index (χ1n) is 7.92. The summed E-state index contributed by atoms with van der Waals surface area (Å²) in [6.45, 7) is 6.17. The fourth-order valence-electron chi connectivity index (χ4n) is 2.70. The Hall–Kier alpha value is -1.52. The molecule has 8 heteroatoms. The molecule has 136 valence electrons. The lowest BCUT2D eigenvalue weighted by molar-refractivity contribution is -0.114. The molecule has 0 saturated carbocycles. The lowest BCUT2D eigenvalue weighted by atomic mass is 10.2. The zero-order chi connectivity index (χ0) is 19.0. The van der Waals surface area contributed by atoms with Crippen molar-refractivity contribution in [3.63, 3.8) is 0 Å². The lowest BCUT2D eigenvalue weighted by Gasteiger charge is -2.20. The number of ether oxygens (including phenoxy) is 1. The maximum atomic E-state index is 12.9. The van der Waals surface area contributed by atoms with Crippen LogP contribution < -0.4 is 9.75 Å². The highest BCUT2D eigenvalue weighted by atomic mass is 127. The van der Waals surface area contributed by atoms with Crippen molar-refractivity contribution < 1.29 is 14.6 Å². The van der Waals surface area contributed by atoms with E-state index in [4.69, 9.17) is 17.0 Å². The SMILES string of the molecule is CCOc1cc(/C=C2/SC(=S)N(n3c(C)ccc3C)C2=O)cc(I)c1O. The summed E-state index contributed by atoms with van der Waals surface area (Å²) >= 11 is 8.74. The Morgan fingerprint density at radius 3 is 2.58 bits per heavy atom. The number of halogens is 1. The molecule has 0 radical (unpaired) electrons. The first-order valence-corrected chi connectivity index (χ1v) is 10.2. The van der Waals surface area contributed by atoms with Gasteiger partial charge in [0.1, 0.15) is 0 Å². The van der Waals surface area contributed by atoms with Crippen LogP contribution in [0.25, 0.3) is 6.08 Å². The Labute approximate surface area is 175 Å². The fourth-order valence-corrected chi connectivity index (χ4v) is 4.57. The summed E-state index contributed by atoms with van der Waals surface area (Å²) in [5, 5.41) is 11.6. The lowest BCUT2D eigenvalue weighted by Crippen LogP contribution is -2.39. The van der Waals surface area contributed by atoms with Gasteiger partial charge >= 0.3 is 0 Å². The number of thiocarbonyl (C=S) groups is 1. The number of aromatic nitrogens is 1. The summed E-state index contributed by atoms with van der Waals surface area (Å²) in [6, 6.07) is 7.43. The van der Waals surface area contributed by atoms with E-state index in [0.717, 1.165) is 17.0 Å². The second-order valence-electron chi connectivity index (χ2n) is 5.70. The summed E-state index contributed by atoms with van der Waals surface area (Å²) in [5.41, 5.74) is 2.66. The highest BCUT2D eigenvalue weighted by Crippen LogP contribution is 2.36. The van der Waals surface area contributed by atoms with Crippen molar-refractivity contribution in [1.82, 2.24) is 4.68 Å². The van der Waals surface area contributed by atoms with E-state index in [1.807, 2.05) is 60.2 Å². The first-order chi connectivity index (χ1) is 12.3. The number of phenolic OH excluding ortho intramolecular Hbond substituents is 1. The minimum absolute atomic E-state index is 0.107. The van der Waals surface area contributed by atoms with Crippen LogP contribution in [-0.4, -0.2) is 26.6 Å². The van der Waals surface area contributed by atoms with Crippen LogP contribution >= 0.6 is 46.6 Å². The van der Waals surface area contributed by atoms with Crippen LogP contribution in [0.1, 0.15) is 23.9 Å². The van der Waals surface area contributed by atoms with Gasteiger partial charge in [0.2, 0.25) is 0 Å². The van der Waals surface area contributed by atoms with Gasteiger partial charge < -0.3 is 9.84 Å². The predicted molar refractivity (Wildman–Crippen MR) is 117 cm³/mol. The number of hydrogen-bond donors (Lipinski definition) is 1. The molecule has 2 aromatic rings. The summed E-state index contributed by atoms with van der Waals surface area (Å²) in [5.74, 6) is 0.345. The van der Waals surface area contributed by atoms with Crippen molar-refractivity contribution in [2.45, 2.75) is 20.8 Å². The van der Waals surface area contributed by atoms with E-state index >= 15 is 0 Å². The van der Waals surface area contributed by atoms with Gasteiger partial charge in [-0.25, -0.2) is 0 Å². The van der Waals surface area contributed by atoms with E-state index in [9.17, 15) is 9.90 Å². The van der Waals surface area contributed by atoms with Crippen LogP contribution in [0.3, 0.4) is 0 Å².